The van der Waals surface area contributed by atoms with Crippen LogP contribution in [0.5, 0.6) is 0 Å². The lowest BCUT2D eigenvalue weighted by molar-refractivity contribution is -0.152. The zero-order valence-electron chi connectivity index (χ0n) is 17.1. The molecule has 2 aliphatic heterocycles. The standard InChI is InChI=1S/C19H32N4O4/c1-7-11(2)13-8-14(24)23(17(13)27)21-16(26)15(25)20-12-9-18(3,4)22-19(5,6)10-12/h11-13,22H,7-10H2,1-6H3,(H,20,25)(H,21,26). The van der Waals surface area contributed by atoms with Gasteiger partial charge in [0.15, 0.2) is 0 Å². The predicted molar refractivity (Wildman–Crippen MR) is 100 cm³/mol. The van der Waals surface area contributed by atoms with Gasteiger partial charge in [-0.1, -0.05) is 20.3 Å². The zero-order chi connectivity index (χ0) is 20.6. The molecule has 2 aliphatic rings. The van der Waals surface area contributed by atoms with Gasteiger partial charge in [0, 0.05) is 23.5 Å². The van der Waals surface area contributed by atoms with Crippen molar-refractivity contribution >= 4 is 23.6 Å². The number of carbonyl (C=O) groups is 4. The summed E-state index contributed by atoms with van der Waals surface area (Å²) < 4.78 is 0. The third-order valence-electron chi connectivity index (χ3n) is 5.46. The molecule has 0 bridgehead atoms. The monoisotopic (exact) mass is 380 g/mol. The fourth-order valence-corrected chi connectivity index (χ4v) is 4.33. The summed E-state index contributed by atoms with van der Waals surface area (Å²) in [6.07, 6.45) is 2.17. The molecule has 2 saturated heterocycles. The Kier molecular flexibility index (Phi) is 5.99. The molecule has 2 unspecified atom stereocenters. The van der Waals surface area contributed by atoms with Crippen LogP contribution in [0.25, 0.3) is 0 Å². The van der Waals surface area contributed by atoms with Crippen LogP contribution in [0.1, 0.15) is 67.2 Å². The van der Waals surface area contributed by atoms with Gasteiger partial charge in [0.1, 0.15) is 0 Å². The fraction of sp³-hybridized carbons (Fsp3) is 0.789. The normalized spacial score (nSPS) is 26.0. The molecule has 0 aromatic carbocycles. The number of amides is 4. The molecule has 4 amide bonds. The molecule has 0 saturated carbocycles. The van der Waals surface area contributed by atoms with Crippen molar-refractivity contribution in [2.24, 2.45) is 11.8 Å². The average Bonchev–Trinajstić information content (AvgIpc) is 2.79. The second-order valence-corrected chi connectivity index (χ2v) is 9.18. The number of nitrogens with zero attached hydrogens (tertiary/aromatic N) is 1. The summed E-state index contributed by atoms with van der Waals surface area (Å²) in [7, 11) is 0. The maximum Gasteiger partial charge on any atom is 0.328 e. The van der Waals surface area contributed by atoms with E-state index in [9.17, 15) is 19.2 Å². The van der Waals surface area contributed by atoms with Crippen molar-refractivity contribution in [3.8, 4) is 0 Å². The van der Waals surface area contributed by atoms with E-state index in [-0.39, 0.29) is 29.5 Å². The molecule has 27 heavy (non-hydrogen) atoms. The first-order valence-electron chi connectivity index (χ1n) is 9.63. The third-order valence-corrected chi connectivity index (χ3v) is 5.46. The number of rotatable bonds is 4. The number of carbonyl (C=O) groups excluding carboxylic acids is 4. The van der Waals surface area contributed by atoms with Gasteiger partial charge >= 0.3 is 11.8 Å². The van der Waals surface area contributed by atoms with Gasteiger partial charge in [-0.25, -0.2) is 5.43 Å². The number of hydrogen-bond acceptors (Lipinski definition) is 5. The smallest absolute Gasteiger partial charge is 0.328 e. The van der Waals surface area contributed by atoms with Crippen molar-refractivity contribution < 1.29 is 19.2 Å². The van der Waals surface area contributed by atoms with Crippen molar-refractivity contribution in [3.63, 3.8) is 0 Å². The SMILES string of the molecule is CCC(C)C1CC(=O)N(NC(=O)C(=O)NC2CC(C)(C)NC(C)(C)C2)C1=O. The lowest BCUT2D eigenvalue weighted by atomic mass is 9.79. The van der Waals surface area contributed by atoms with E-state index < -0.39 is 29.5 Å². The van der Waals surface area contributed by atoms with Gasteiger partial charge in [0.05, 0.1) is 5.92 Å². The molecule has 0 aromatic heterocycles. The van der Waals surface area contributed by atoms with Gasteiger partial charge in [0.25, 0.3) is 5.91 Å². The Morgan fingerprint density at radius 1 is 1.15 bits per heavy atom. The molecule has 2 rings (SSSR count). The summed E-state index contributed by atoms with van der Waals surface area (Å²) in [5, 5.41) is 6.95. The minimum absolute atomic E-state index is 0.0383. The van der Waals surface area contributed by atoms with E-state index in [4.69, 9.17) is 0 Å². The second-order valence-electron chi connectivity index (χ2n) is 9.18. The highest BCUT2D eigenvalue weighted by atomic mass is 16.2. The molecular weight excluding hydrogens is 348 g/mol. The second kappa shape index (κ2) is 7.58. The predicted octanol–water partition coefficient (Wildman–Crippen LogP) is 0.864. The quantitative estimate of drug-likeness (QED) is 0.495. The molecule has 0 spiro atoms. The highest BCUT2D eigenvalue weighted by Gasteiger charge is 2.43. The summed E-state index contributed by atoms with van der Waals surface area (Å²) in [5.41, 5.74) is 1.83. The number of nitrogens with one attached hydrogen (secondary N) is 3. The van der Waals surface area contributed by atoms with Crippen molar-refractivity contribution in [2.45, 2.75) is 84.3 Å². The Morgan fingerprint density at radius 3 is 2.22 bits per heavy atom. The molecule has 8 heteroatoms. The molecule has 2 heterocycles. The van der Waals surface area contributed by atoms with Crippen molar-refractivity contribution in [1.29, 1.82) is 0 Å². The van der Waals surface area contributed by atoms with Gasteiger partial charge in [-0.2, -0.15) is 5.01 Å². The average molecular weight is 380 g/mol. The zero-order valence-corrected chi connectivity index (χ0v) is 17.1. The summed E-state index contributed by atoms with van der Waals surface area (Å²) in [5.74, 6) is -3.15. The number of imide groups is 1. The Labute approximate surface area is 160 Å². The van der Waals surface area contributed by atoms with Crippen LogP contribution in [0.15, 0.2) is 0 Å². The van der Waals surface area contributed by atoms with Gasteiger partial charge in [-0.05, 0) is 46.5 Å². The maximum absolute atomic E-state index is 12.4. The molecule has 0 aromatic rings. The van der Waals surface area contributed by atoms with E-state index in [2.05, 4.69) is 16.1 Å². The first kappa shape index (κ1) is 21.3. The van der Waals surface area contributed by atoms with Gasteiger partial charge in [-0.3, -0.25) is 19.2 Å². The van der Waals surface area contributed by atoms with E-state index in [0.717, 1.165) is 6.42 Å². The van der Waals surface area contributed by atoms with Crippen LogP contribution in [0, 0.1) is 11.8 Å². The lowest BCUT2D eigenvalue weighted by Crippen LogP contribution is -2.63. The largest absolute Gasteiger partial charge is 0.345 e. The Bertz CT molecular complexity index is 628. The number of hydrogen-bond donors (Lipinski definition) is 3. The Balaban J connectivity index is 1.97. The van der Waals surface area contributed by atoms with E-state index >= 15 is 0 Å². The van der Waals surface area contributed by atoms with E-state index in [1.165, 1.54) is 0 Å². The van der Waals surface area contributed by atoms with Gasteiger partial charge in [0.2, 0.25) is 5.91 Å². The lowest BCUT2D eigenvalue weighted by Gasteiger charge is -2.46. The Morgan fingerprint density at radius 2 is 1.70 bits per heavy atom. The summed E-state index contributed by atoms with van der Waals surface area (Å²) >= 11 is 0. The molecule has 2 fully saturated rings. The third kappa shape index (κ3) is 5.06. The van der Waals surface area contributed by atoms with Crippen molar-refractivity contribution in [1.82, 2.24) is 21.1 Å². The molecule has 2 atom stereocenters. The van der Waals surface area contributed by atoms with Crippen LogP contribution in [-0.4, -0.2) is 45.8 Å². The van der Waals surface area contributed by atoms with Crippen LogP contribution in [0.2, 0.25) is 0 Å². The van der Waals surface area contributed by atoms with Crippen LogP contribution >= 0.6 is 0 Å². The molecule has 8 nitrogen and oxygen atoms in total. The van der Waals surface area contributed by atoms with Crippen LogP contribution in [0.3, 0.4) is 0 Å². The first-order valence-corrected chi connectivity index (χ1v) is 9.63. The van der Waals surface area contributed by atoms with E-state index in [1.807, 2.05) is 41.5 Å². The first-order chi connectivity index (χ1) is 12.3. The summed E-state index contributed by atoms with van der Waals surface area (Å²) in [4.78, 5) is 49.0. The maximum atomic E-state index is 12.4. The summed E-state index contributed by atoms with van der Waals surface area (Å²) in [6.45, 7) is 12.0. The van der Waals surface area contributed by atoms with Crippen molar-refractivity contribution in [2.75, 3.05) is 0 Å². The highest BCUT2D eigenvalue weighted by Crippen LogP contribution is 2.29. The topological polar surface area (TPSA) is 108 Å². The highest BCUT2D eigenvalue weighted by molar-refractivity contribution is 6.35. The van der Waals surface area contributed by atoms with Crippen molar-refractivity contribution in [3.05, 3.63) is 0 Å². The van der Waals surface area contributed by atoms with E-state index in [1.54, 1.807) is 0 Å². The molecule has 152 valence electrons. The van der Waals surface area contributed by atoms with Crippen LogP contribution in [-0.2, 0) is 19.2 Å². The van der Waals surface area contributed by atoms with Crippen LogP contribution in [0.4, 0.5) is 0 Å². The van der Waals surface area contributed by atoms with Crippen LogP contribution < -0.4 is 16.1 Å². The van der Waals surface area contributed by atoms with Gasteiger partial charge in [-0.15, -0.1) is 0 Å². The molecule has 3 N–H and O–H groups in total. The summed E-state index contributed by atoms with van der Waals surface area (Å²) in [6, 6.07) is -0.174. The number of piperidine rings is 1. The minimum Gasteiger partial charge on any atom is -0.345 e. The molecular formula is C19H32N4O4. The van der Waals surface area contributed by atoms with Gasteiger partial charge < -0.3 is 10.6 Å². The van der Waals surface area contributed by atoms with E-state index in [0.29, 0.717) is 17.9 Å². The minimum atomic E-state index is -0.990. The molecule has 0 radical (unpaired) electrons. The Hall–Kier alpha value is -1.96. The fourth-order valence-electron chi connectivity index (χ4n) is 4.33. The molecule has 0 aliphatic carbocycles. The number of hydrazine groups is 1.